The third kappa shape index (κ3) is 36.1. The molecule has 0 aromatic rings. The summed E-state index contributed by atoms with van der Waals surface area (Å²) in [5.74, 6) is -0.847. The van der Waals surface area contributed by atoms with Gasteiger partial charge in [-0.3, -0.25) is 18.6 Å². The molecule has 0 amide bonds. The number of carbonyl (C=O) groups is 2. The molecule has 0 saturated carbocycles. The van der Waals surface area contributed by atoms with Crippen LogP contribution in [0.3, 0.4) is 0 Å². The number of phosphoric ester groups is 1. The molecule has 2 atom stereocenters. The van der Waals surface area contributed by atoms with Gasteiger partial charge in [0.25, 0.3) is 0 Å². The second kappa shape index (κ2) is 36.3. The average molecular weight is 716 g/mol. The fraction of sp³-hybridized carbons (Fsp3) is 0.846. The Hall–Kier alpha value is -1.51. The second-order valence-electron chi connectivity index (χ2n) is 13.1. The molecule has 0 spiro atoms. The number of phosphoric acid groups is 1. The molecule has 2 unspecified atom stereocenters. The van der Waals surface area contributed by atoms with Gasteiger partial charge >= 0.3 is 19.8 Å². The molecule has 0 heterocycles. The van der Waals surface area contributed by atoms with E-state index >= 15 is 0 Å². The lowest BCUT2D eigenvalue weighted by atomic mass is 10.1. The van der Waals surface area contributed by atoms with Crippen molar-refractivity contribution in [2.75, 3.05) is 26.4 Å². The second-order valence-corrected chi connectivity index (χ2v) is 14.6. The molecule has 49 heavy (non-hydrogen) atoms. The van der Waals surface area contributed by atoms with E-state index in [4.69, 9.17) is 24.3 Å². The van der Waals surface area contributed by atoms with E-state index in [0.29, 0.717) is 6.42 Å². The predicted molar refractivity (Wildman–Crippen MR) is 201 cm³/mol. The predicted octanol–water partition coefficient (Wildman–Crippen LogP) is 10.8. The smallest absolute Gasteiger partial charge is 0.462 e. The maximum atomic E-state index is 12.5. The van der Waals surface area contributed by atoms with Crippen molar-refractivity contribution < 1.29 is 37.6 Å². The number of carbonyl (C=O) groups excluding carboxylic acids is 2. The van der Waals surface area contributed by atoms with Crippen molar-refractivity contribution >= 4 is 19.8 Å². The van der Waals surface area contributed by atoms with Crippen LogP contribution in [-0.4, -0.2) is 49.3 Å². The third-order valence-electron chi connectivity index (χ3n) is 8.31. The lowest BCUT2D eigenvalue weighted by molar-refractivity contribution is -0.161. The van der Waals surface area contributed by atoms with E-state index in [1.165, 1.54) is 77.0 Å². The number of ether oxygens (including phenoxy) is 2. The van der Waals surface area contributed by atoms with Gasteiger partial charge in [0.05, 0.1) is 13.2 Å². The Kier molecular flexibility index (Phi) is 35.2. The lowest BCUT2D eigenvalue weighted by Crippen LogP contribution is -2.29. The van der Waals surface area contributed by atoms with Gasteiger partial charge < -0.3 is 20.1 Å². The van der Waals surface area contributed by atoms with Crippen molar-refractivity contribution in [3.63, 3.8) is 0 Å². The Balaban J connectivity index is 4.23. The standard InChI is InChI=1S/C39H74NO8P/c1-3-5-7-9-11-13-15-17-18-20-22-24-26-28-30-32-39(42)48-37(36-47-49(43,44)46-34-33-40)35-45-38(41)31-29-27-25-23-21-19-16-14-12-10-8-6-4-2/h14,16-18,37H,3-13,15,19-36,40H2,1-2H3,(H,43,44). The summed E-state index contributed by atoms with van der Waals surface area (Å²) in [7, 11) is -4.37. The SMILES string of the molecule is CCCCCCC=CCCCCCCCC(=O)OCC(COP(=O)(O)OCCN)OC(=O)CCCCCCCC=CCCCCCCCC. The fourth-order valence-electron chi connectivity index (χ4n) is 5.33. The molecular formula is C39H74NO8P. The summed E-state index contributed by atoms with van der Waals surface area (Å²) < 4.78 is 32.7. The Labute approximate surface area is 300 Å². The summed E-state index contributed by atoms with van der Waals surface area (Å²) in [6.45, 7) is 3.69. The van der Waals surface area contributed by atoms with Gasteiger partial charge in [-0.25, -0.2) is 4.57 Å². The summed E-state index contributed by atoms with van der Waals surface area (Å²) in [5.41, 5.74) is 5.33. The maximum absolute atomic E-state index is 12.5. The van der Waals surface area contributed by atoms with Crippen molar-refractivity contribution in [1.29, 1.82) is 0 Å². The van der Waals surface area contributed by atoms with Crippen LogP contribution >= 0.6 is 7.82 Å². The van der Waals surface area contributed by atoms with Crippen LogP contribution in [0.1, 0.15) is 181 Å². The first kappa shape index (κ1) is 47.5. The van der Waals surface area contributed by atoms with Crippen LogP contribution < -0.4 is 5.73 Å². The number of esters is 2. The van der Waals surface area contributed by atoms with E-state index < -0.39 is 32.5 Å². The lowest BCUT2D eigenvalue weighted by Gasteiger charge is -2.19. The molecule has 288 valence electrons. The van der Waals surface area contributed by atoms with Crippen LogP contribution in [0.15, 0.2) is 24.3 Å². The highest BCUT2D eigenvalue weighted by Crippen LogP contribution is 2.43. The first-order valence-corrected chi connectivity index (χ1v) is 21.3. The minimum Gasteiger partial charge on any atom is -0.462 e. The number of hydrogen-bond acceptors (Lipinski definition) is 8. The molecule has 0 radical (unpaired) electrons. The molecular weight excluding hydrogens is 641 g/mol. The minimum atomic E-state index is -4.37. The Morgan fingerprint density at radius 3 is 1.47 bits per heavy atom. The molecule has 10 heteroatoms. The van der Waals surface area contributed by atoms with Crippen LogP contribution in [0.5, 0.6) is 0 Å². The highest BCUT2D eigenvalue weighted by molar-refractivity contribution is 7.47. The van der Waals surface area contributed by atoms with Crippen LogP contribution in [0.25, 0.3) is 0 Å². The first-order chi connectivity index (χ1) is 23.8. The highest BCUT2D eigenvalue weighted by Gasteiger charge is 2.25. The Morgan fingerprint density at radius 2 is 1.00 bits per heavy atom. The summed E-state index contributed by atoms with van der Waals surface area (Å²) >= 11 is 0. The van der Waals surface area contributed by atoms with E-state index in [9.17, 15) is 19.0 Å². The molecule has 0 rings (SSSR count). The van der Waals surface area contributed by atoms with E-state index in [2.05, 4.69) is 38.2 Å². The van der Waals surface area contributed by atoms with E-state index in [-0.39, 0.29) is 32.6 Å². The molecule has 3 N–H and O–H groups in total. The highest BCUT2D eigenvalue weighted by atomic mass is 31.2. The van der Waals surface area contributed by atoms with Crippen molar-refractivity contribution in [3.8, 4) is 0 Å². The maximum Gasteiger partial charge on any atom is 0.472 e. The van der Waals surface area contributed by atoms with Crippen molar-refractivity contribution in [3.05, 3.63) is 24.3 Å². The molecule has 0 aromatic carbocycles. The number of unbranched alkanes of at least 4 members (excludes halogenated alkanes) is 20. The monoisotopic (exact) mass is 716 g/mol. The van der Waals surface area contributed by atoms with Gasteiger partial charge in [0.15, 0.2) is 6.10 Å². The molecule has 0 aliphatic rings. The van der Waals surface area contributed by atoms with Crippen LogP contribution in [0.2, 0.25) is 0 Å². The minimum absolute atomic E-state index is 0.0517. The normalized spacial score (nSPS) is 13.6. The van der Waals surface area contributed by atoms with Gasteiger partial charge in [-0.15, -0.1) is 0 Å². The van der Waals surface area contributed by atoms with Crippen molar-refractivity contribution in [1.82, 2.24) is 0 Å². The van der Waals surface area contributed by atoms with E-state index in [1.807, 2.05) is 0 Å². The Morgan fingerprint density at radius 1 is 0.592 bits per heavy atom. The molecule has 0 aliphatic heterocycles. The molecule has 9 nitrogen and oxygen atoms in total. The summed E-state index contributed by atoms with van der Waals surface area (Å²) in [4.78, 5) is 34.7. The zero-order valence-corrected chi connectivity index (χ0v) is 32.3. The summed E-state index contributed by atoms with van der Waals surface area (Å²) in [5, 5.41) is 0. The third-order valence-corrected chi connectivity index (χ3v) is 9.29. The van der Waals surface area contributed by atoms with Gasteiger partial charge in [0.2, 0.25) is 0 Å². The van der Waals surface area contributed by atoms with E-state index in [1.54, 1.807) is 0 Å². The molecule has 0 aliphatic carbocycles. The number of rotatable bonds is 37. The van der Waals surface area contributed by atoms with Gasteiger partial charge in [-0.2, -0.15) is 0 Å². The Bertz CT molecular complexity index is 866. The zero-order chi connectivity index (χ0) is 36.1. The van der Waals surface area contributed by atoms with E-state index in [0.717, 1.165) is 70.6 Å². The summed E-state index contributed by atoms with van der Waals surface area (Å²) in [6.07, 6.45) is 36.3. The molecule has 0 aromatic heterocycles. The average Bonchev–Trinajstić information content (AvgIpc) is 3.08. The van der Waals surface area contributed by atoms with Crippen LogP contribution in [0, 0.1) is 0 Å². The topological polar surface area (TPSA) is 134 Å². The zero-order valence-electron chi connectivity index (χ0n) is 31.4. The van der Waals surface area contributed by atoms with Gasteiger partial charge in [0, 0.05) is 19.4 Å². The quantitative estimate of drug-likeness (QED) is 0.0279. The first-order valence-electron chi connectivity index (χ1n) is 19.8. The summed E-state index contributed by atoms with van der Waals surface area (Å²) in [6, 6.07) is 0. The number of hydrogen-bond donors (Lipinski definition) is 2. The molecule has 0 saturated heterocycles. The van der Waals surface area contributed by atoms with Gasteiger partial charge in [-0.1, -0.05) is 128 Å². The largest absolute Gasteiger partial charge is 0.472 e. The van der Waals surface area contributed by atoms with Gasteiger partial charge in [-0.05, 0) is 64.2 Å². The van der Waals surface area contributed by atoms with Gasteiger partial charge in [0.1, 0.15) is 6.61 Å². The molecule has 0 bridgehead atoms. The van der Waals surface area contributed by atoms with Crippen LogP contribution in [-0.2, 0) is 32.7 Å². The molecule has 0 fully saturated rings. The van der Waals surface area contributed by atoms with Crippen molar-refractivity contribution in [2.24, 2.45) is 5.73 Å². The van der Waals surface area contributed by atoms with Crippen molar-refractivity contribution in [2.45, 2.75) is 187 Å². The van der Waals surface area contributed by atoms with Crippen LogP contribution in [0.4, 0.5) is 0 Å². The number of nitrogens with two attached hydrogens (primary N) is 1. The fourth-order valence-corrected chi connectivity index (χ4v) is 6.09. The number of allylic oxidation sites excluding steroid dienone is 4.